The zero-order valence-corrected chi connectivity index (χ0v) is 21.5. The van der Waals surface area contributed by atoms with Crippen molar-refractivity contribution in [3.05, 3.63) is 51.6 Å². The molecule has 186 valence electrons. The number of halogens is 1. The van der Waals surface area contributed by atoms with E-state index in [-0.39, 0.29) is 32.1 Å². The third-order valence-electron chi connectivity index (χ3n) is 7.91. The quantitative estimate of drug-likeness (QED) is 0.366. The van der Waals surface area contributed by atoms with E-state index >= 15 is 0 Å². The number of rotatable bonds is 5. The molecule has 0 radical (unpaired) electrons. The van der Waals surface area contributed by atoms with E-state index in [1.54, 1.807) is 24.3 Å². The van der Waals surface area contributed by atoms with Crippen molar-refractivity contribution in [3.63, 3.8) is 0 Å². The number of benzene rings is 1. The highest BCUT2D eigenvalue weighted by atomic mass is 35.5. The number of furan rings is 1. The standard InChI is InChI=1S/C26H23ClN2O5S2/c27-19-8-16(1-3-18(19)23(31)32)20-4-2-17(34-20)9-21-22(30)29(25(35)36-21)28-24(33)26-10-13-5-14(11-26)7-15(6-13)12-26/h1-4,8-9,13-15H,5-7,10-12H2,(H,28,33)(H,31,32)/b21-9-. The van der Waals surface area contributed by atoms with Crippen molar-refractivity contribution in [2.75, 3.05) is 0 Å². The van der Waals surface area contributed by atoms with Crippen molar-refractivity contribution in [3.8, 4) is 11.3 Å². The van der Waals surface area contributed by atoms with Gasteiger partial charge in [0.05, 0.1) is 20.9 Å². The first-order valence-electron chi connectivity index (χ1n) is 11.9. The molecular weight excluding hydrogens is 520 g/mol. The van der Waals surface area contributed by atoms with Gasteiger partial charge in [-0.1, -0.05) is 29.4 Å². The molecule has 5 fully saturated rings. The Morgan fingerprint density at radius 3 is 2.42 bits per heavy atom. The number of thioether (sulfide) groups is 1. The van der Waals surface area contributed by atoms with Crippen molar-refractivity contribution in [1.82, 2.24) is 10.4 Å². The minimum absolute atomic E-state index is 0.00598. The summed E-state index contributed by atoms with van der Waals surface area (Å²) in [5, 5.41) is 10.5. The molecule has 4 aliphatic carbocycles. The maximum Gasteiger partial charge on any atom is 0.337 e. The van der Waals surface area contributed by atoms with Crippen LogP contribution in [0, 0.1) is 23.2 Å². The number of aromatic carboxylic acids is 1. The van der Waals surface area contributed by atoms with Gasteiger partial charge in [-0.2, -0.15) is 5.01 Å². The highest BCUT2D eigenvalue weighted by Gasteiger charge is 2.55. The fourth-order valence-corrected chi connectivity index (χ4v) is 8.15. The van der Waals surface area contributed by atoms with Crippen molar-refractivity contribution in [2.45, 2.75) is 38.5 Å². The summed E-state index contributed by atoms with van der Waals surface area (Å²) in [7, 11) is 0. The number of hydrazine groups is 1. The van der Waals surface area contributed by atoms with E-state index in [2.05, 4.69) is 5.43 Å². The number of hydrogen-bond acceptors (Lipinski definition) is 6. The number of carbonyl (C=O) groups excluding carboxylic acids is 2. The monoisotopic (exact) mass is 542 g/mol. The molecule has 0 atom stereocenters. The van der Waals surface area contributed by atoms with Crippen LogP contribution in [0.2, 0.25) is 5.02 Å². The highest BCUT2D eigenvalue weighted by Crippen LogP contribution is 2.60. The van der Waals surface area contributed by atoms with Crippen LogP contribution in [-0.2, 0) is 9.59 Å². The van der Waals surface area contributed by atoms with Crippen molar-refractivity contribution >= 4 is 63.8 Å². The van der Waals surface area contributed by atoms with Crippen LogP contribution in [0.25, 0.3) is 17.4 Å². The minimum atomic E-state index is -1.11. The molecule has 1 saturated heterocycles. The molecule has 1 aliphatic heterocycles. The van der Waals surface area contributed by atoms with Gasteiger partial charge in [0.15, 0.2) is 4.32 Å². The van der Waals surface area contributed by atoms with E-state index in [1.807, 2.05) is 0 Å². The van der Waals surface area contributed by atoms with Crippen LogP contribution < -0.4 is 5.43 Å². The fourth-order valence-electron chi connectivity index (χ4n) is 6.73. The first-order valence-corrected chi connectivity index (χ1v) is 13.5. The number of thiocarbonyl (C=S) groups is 1. The molecule has 4 saturated carbocycles. The Morgan fingerprint density at radius 1 is 1.14 bits per heavy atom. The summed E-state index contributed by atoms with van der Waals surface area (Å²) in [5.74, 6) is 1.20. The number of carboxylic acid groups (broad SMARTS) is 1. The lowest BCUT2D eigenvalue weighted by atomic mass is 9.49. The van der Waals surface area contributed by atoms with Crippen LogP contribution in [0.1, 0.15) is 54.6 Å². The van der Waals surface area contributed by atoms with Crippen LogP contribution in [0.4, 0.5) is 0 Å². The Morgan fingerprint density at radius 2 is 1.81 bits per heavy atom. The van der Waals surface area contributed by atoms with Crippen LogP contribution in [0.5, 0.6) is 0 Å². The molecule has 36 heavy (non-hydrogen) atoms. The zero-order valence-electron chi connectivity index (χ0n) is 19.2. The molecule has 1 aromatic carbocycles. The number of hydrogen-bond donors (Lipinski definition) is 2. The number of carbonyl (C=O) groups is 3. The summed E-state index contributed by atoms with van der Waals surface area (Å²) >= 11 is 12.6. The largest absolute Gasteiger partial charge is 0.478 e. The molecule has 2 aromatic rings. The molecule has 7 nitrogen and oxygen atoms in total. The molecule has 0 unspecified atom stereocenters. The van der Waals surface area contributed by atoms with Crippen LogP contribution in [0.3, 0.4) is 0 Å². The van der Waals surface area contributed by atoms with E-state index in [0.717, 1.165) is 31.0 Å². The Labute approximate surface area is 222 Å². The smallest absolute Gasteiger partial charge is 0.337 e. The van der Waals surface area contributed by atoms with Gasteiger partial charge in [-0.3, -0.25) is 15.0 Å². The van der Waals surface area contributed by atoms with Gasteiger partial charge in [-0.15, -0.1) is 0 Å². The maximum atomic E-state index is 13.4. The normalized spacial score (nSPS) is 29.9. The van der Waals surface area contributed by atoms with Gasteiger partial charge in [0.25, 0.3) is 5.91 Å². The van der Waals surface area contributed by atoms with Crippen LogP contribution in [-0.4, -0.2) is 32.2 Å². The van der Waals surface area contributed by atoms with Crippen molar-refractivity contribution in [1.29, 1.82) is 0 Å². The van der Waals surface area contributed by atoms with Gasteiger partial charge in [-0.25, -0.2) is 4.79 Å². The predicted molar refractivity (Wildman–Crippen MR) is 140 cm³/mol. The second-order valence-corrected chi connectivity index (χ2v) is 12.4. The number of nitrogens with one attached hydrogen (secondary N) is 1. The lowest BCUT2D eigenvalue weighted by molar-refractivity contribution is -0.152. The minimum Gasteiger partial charge on any atom is -0.478 e. The molecule has 5 aliphatic rings. The van der Waals surface area contributed by atoms with Gasteiger partial charge < -0.3 is 9.52 Å². The topological polar surface area (TPSA) is 99.9 Å². The molecular formula is C26H23ClN2O5S2. The van der Waals surface area contributed by atoms with Gasteiger partial charge in [0.1, 0.15) is 11.5 Å². The van der Waals surface area contributed by atoms with E-state index < -0.39 is 5.97 Å². The molecule has 2 N–H and O–H groups in total. The summed E-state index contributed by atoms with van der Waals surface area (Å²) in [4.78, 5) is 38.1. The average molecular weight is 543 g/mol. The lowest BCUT2D eigenvalue weighted by Gasteiger charge is -2.55. The van der Waals surface area contributed by atoms with Gasteiger partial charge in [-0.05, 0) is 92.8 Å². The third kappa shape index (κ3) is 4.07. The van der Waals surface area contributed by atoms with Crippen LogP contribution >= 0.6 is 35.6 Å². The fraction of sp³-hybridized carbons (Fsp3) is 0.385. The van der Waals surface area contributed by atoms with E-state index in [0.29, 0.717) is 39.7 Å². The zero-order chi connectivity index (χ0) is 25.2. The molecule has 7 rings (SSSR count). The molecule has 10 heteroatoms. The molecule has 0 spiro atoms. The first kappa shape index (κ1) is 23.8. The second-order valence-electron chi connectivity index (χ2n) is 10.4. The Kier molecular flexibility index (Phi) is 5.77. The summed E-state index contributed by atoms with van der Waals surface area (Å²) in [6, 6.07) is 7.96. The average Bonchev–Trinajstić information content (AvgIpc) is 3.38. The first-order chi connectivity index (χ1) is 17.2. The number of amides is 2. The Bertz CT molecular complexity index is 1310. The summed E-state index contributed by atoms with van der Waals surface area (Å²) < 4.78 is 6.14. The highest BCUT2D eigenvalue weighted by molar-refractivity contribution is 8.26. The van der Waals surface area contributed by atoms with Crippen molar-refractivity contribution < 1.29 is 23.9 Å². The summed E-state index contributed by atoms with van der Waals surface area (Å²) in [5.41, 5.74) is 3.09. The molecule has 4 bridgehead atoms. The van der Waals surface area contributed by atoms with Gasteiger partial charge >= 0.3 is 5.97 Å². The molecule has 2 amide bonds. The van der Waals surface area contributed by atoms with E-state index in [4.69, 9.17) is 33.3 Å². The predicted octanol–water partition coefficient (Wildman–Crippen LogP) is 5.75. The van der Waals surface area contributed by atoms with E-state index in [9.17, 15) is 14.4 Å². The lowest BCUT2D eigenvalue weighted by Crippen LogP contribution is -2.57. The number of nitrogens with zero attached hydrogens (tertiary/aromatic N) is 1. The maximum absolute atomic E-state index is 13.4. The SMILES string of the molecule is O=C(O)c1ccc(-c2ccc(/C=C3\SC(=S)N(NC(=O)C45CC6CC(CC(C6)C4)C5)C3=O)o2)cc1Cl. The van der Waals surface area contributed by atoms with Gasteiger partial charge in [0, 0.05) is 11.6 Å². The van der Waals surface area contributed by atoms with Crippen LogP contribution in [0.15, 0.2) is 39.7 Å². The summed E-state index contributed by atoms with van der Waals surface area (Å²) in [6.07, 6.45) is 8.01. The third-order valence-corrected chi connectivity index (χ3v) is 9.53. The molecule has 2 heterocycles. The van der Waals surface area contributed by atoms with E-state index in [1.165, 1.54) is 36.4 Å². The summed E-state index contributed by atoms with van der Waals surface area (Å²) in [6.45, 7) is 0. The molecule has 1 aromatic heterocycles. The van der Waals surface area contributed by atoms with Gasteiger partial charge in [0.2, 0.25) is 5.91 Å². The number of carboxylic acids is 1. The Balaban J connectivity index is 1.17. The second kappa shape index (κ2) is 8.75. The Hall–Kier alpha value is -2.62. The van der Waals surface area contributed by atoms with Crippen molar-refractivity contribution in [2.24, 2.45) is 23.2 Å².